The first kappa shape index (κ1) is 92.9. The number of rotatable bonds is 84. The Balaban J connectivity index is 6.62. The molecule has 0 aromatic rings. The molecule has 0 amide bonds. The van der Waals surface area contributed by atoms with Gasteiger partial charge in [-0.1, -0.05) is 497 Å². The fraction of sp³-hybridized carbons (Fsp3) is 0.978. The highest BCUT2D eigenvalue weighted by Crippen LogP contribution is 2.52. The van der Waals surface area contributed by atoms with Gasteiger partial charge in [-0.25, -0.2) is 0 Å². The quantitative estimate of drug-likeness (QED) is 0.0594. The summed E-state index contributed by atoms with van der Waals surface area (Å²) in [6, 6.07) is 0. The third-order valence-corrected chi connectivity index (χ3v) is 22.7. The molecule has 0 aromatic heterocycles. The summed E-state index contributed by atoms with van der Waals surface area (Å²) in [5, 5.41) is 23.8. The predicted molar refractivity (Wildman–Crippen MR) is 421 cm³/mol. The molecule has 0 rings (SSSR count). The Labute approximate surface area is 593 Å². The van der Waals surface area contributed by atoms with Gasteiger partial charge in [-0.05, 0) is 45.2 Å². The van der Waals surface area contributed by atoms with Gasteiger partial charge in [0.1, 0.15) is 5.54 Å². The number of carbonyl (C=O) groups is 2. The molecule has 0 heterocycles. The maximum Gasteiger partial charge on any atom is 0.324 e. The van der Waals surface area contributed by atoms with Gasteiger partial charge in [0, 0.05) is 5.41 Å². The van der Waals surface area contributed by atoms with E-state index in [2.05, 4.69) is 39.5 Å². The van der Waals surface area contributed by atoms with Crippen LogP contribution < -0.4 is 0 Å². The van der Waals surface area contributed by atoms with Crippen molar-refractivity contribution in [1.82, 2.24) is 4.90 Å². The summed E-state index contributed by atoms with van der Waals surface area (Å²) in [5.41, 5.74) is -1.99. The molecule has 0 aliphatic rings. The van der Waals surface area contributed by atoms with E-state index < -0.39 is 22.9 Å². The zero-order valence-corrected chi connectivity index (χ0v) is 65.7. The highest BCUT2D eigenvalue weighted by atomic mass is 16.4. The summed E-state index contributed by atoms with van der Waals surface area (Å²) in [5.74, 6) is -1.46. The molecule has 0 saturated carbocycles. The van der Waals surface area contributed by atoms with E-state index in [4.69, 9.17) is 0 Å². The molecule has 0 aliphatic carbocycles. The van der Waals surface area contributed by atoms with Crippen LogP contribution in [-0.2, 0) is 9.59 Å². The van der Waals surface area contributed by atoms with Crippen LogP contribution in [-0.4, -0.2) is 45.7 Å². The molecule has 94 heavy (non-hydrogen) atoms. The van der Waals surface area contributed by atoms with Gasteiger partial charge in [0.25, 0.3) is 0 Å². The highest BCUT2D eigenvalue weighted by Gasteiger charge is 2.59. The second-order valence-electron chi connectivity index (χ2n) is 31.6. The number of carboxylic acid groups (broad SMARTS) is 2. The molecule has 0 bridgehead atoms. The Hall–Kier alpha value is -1.10. The molecule has 0 unspecified atom stereocenters. The summed E-state index contributed by atoms with van der Waals surface area (Å²) < 4.78 is 0. The fourth-order valence-corrected chi connectivity index (χ4v) is 16.5. The van der Waals surface area contributed by atoms with E-state index in [0.717, 1.165) is 96.6 Å². The van der Waals surface area contributed by atoms with Crippen molar-refractivity contribution in [2.75, 3.05) is 13.1 Å². The SMILES string of the molecule is CCCCCCCCCCCCCCCCCCN(CCCCCCCCCCCC)[C@](CCCCCCCCCCCCCCCCCC)(C(=O)O)C(CCCCCCCCCCCCCCCCCC)(CCCCCCCCCCCCCCCCCC)CC(=O)O. The number of hydrogen-bond acceptors (Lipinski definition) is 3. The predicted octanol–water partition coefficient (Wildman–Crippen LogP) is 31.7. The molecule has 5 nitrogen and oxygen atoms in total. The van der Waals surface area contributed by atoms with Crippen LogP contribution in [0, 0.1) is 5.41 Å². The van der Waals surface area contributed by atoms with Gasteiger partial charge in [-0.2, -0.15) is 0 Å². The minimum Gasteiger partial charge on any atom is -0.481 e. The number of hydrogen-bond donors (Lipinski definition) is 2. The van der Waals surface area contributed by atoms with E-state index in [0.29, 0.717) is 6.42 Å². The zero-order chi connectivity index (χ0) is 68.3. The molecule has 2 N–H and O–H groups in total. The van der Waals surface area contributed by atoms with Crippen molar-refractivity contribution in [3.05, 3.63) is 0 Å². The first-order valence-electron chi connectivity index (χ1n) is 44.5. The normalized spacial score (nSPS) is 12.7. The zero-order valence-electron chi connectivity index (χ0n) is 65.7. The summed E-state index contributed by atoms with van der Waals surface area (Å²) in [4.78, 5) is 31.6. The van der Waals surface area contributed by atoms with Crippen molar-refractivity contribution in [3.8, 4) is 0 Å². The van der Waals surface area contributed by atoms with Crippen molar-refractivity contribution in [2.45, 2.75) is 541 Å². The molecule has 5 heteroatoms. The van der Waals surface area contributed by atoms with Crippen LogP contribution in [0.1, 0.15) is 535 Å². The smallest absolute Gasteiger partial charge is 0.324 e. The third kappa shape index (κ3) is 58.7. The molecule has 0 saturated heterocycles. The lowest BCUT2D eigenvalue weighted by molar-refractivity contribution is -0.171. The summed E-state index contributed by atoms with van der Waals surface area (Å²) in [7, 11) is 0. The van der Waals surface area contributed by atoms with Crippen molar-refractivity contribution in [2.24, 2.45) is 5.41 Å². The molecule has 0 aliphatic heterocycles. The molecule has 0 radical (unpaired) electrons. The van der Waals surface area contributed by atoms with Gasteiger partial charge < -0.3 is 10.2 Å². The van der Waals surface area contributed by atoms with Crippen LogP contribution in [0.4, 0.5) is 0 Å². The first-order valence-corrected chi connectivity index (χ1v) is 44.5. The molecule has 0 fully saturated rings. The van der Waals surface area contributed by atoms with Crippen molar-refractivity contribution < 1.29 is 19.8 Å². The Morgan fingerprint density at radius 2 is 0.362 bits per heavy atom. The average molecular weight is 1330 g/mol. The molecule has 1 atom stereocenters. The van der Waals surface area contributed by atoms with Gasteiger partial charge in [-0.15, -0.1) is 0 Å². The van der Waals surface area contributed by atoms with E-state index in [-0.39, 0.29) is 6.42 Å². The van der Waals surface area contributed by atoms with Gasteiger partial charge in [0.15, 0.2) is 0 Å². The van der Waals surface area contributed by atoms with Crippen LogP contribution in [0.3, 0.4) is 0 Å². The van der Waals surface area contributed by atoms with E-state index in [1.165, 1.54) is 405 Å². The minimum atomic E-state index is -1.18. The lowest BCUT2D eigenvalue weighted by atomic mass is 9.58. The molecule has 0 aromatic carbocycles. The molecular formula is C89H177NO4. The molecule has 562 valence electrons. The molecule has 0 spiro atoms. The van der Waals surface area contributed by atoms with Crippen molar-refractivity contribution in [1.29, 1.82) is 0 Å². The Bertz CT molecular complexity index is 1430. The summed E-state index contributed by atoms with van der Waals surface area (Å²) >= 11 is 0. The second kappa shape index (κ2) is 76.1. The Kier molecular flexibility index (Phi) is 75.2. The Morgan fingerprint density at radius 3 is 0.521 bits per heavy atom. The van der Waals surface area contributed by atoms with Crippen molar-refractivity contribution in [3.63, 3.8) is 0 Å². The average Bonchev–Trinajstić information content (AvgIpc) is 0.742. The van der Waals surface area contributed by atoms with Gasteiger partial charge >= 0.3 is 11.9 Å². The van der Waals surface area contributed by atoms with Crippen LogP contribution in [0.25, 0.3) is 0 Å². The van der Waals surface area contributed by atoms with E-state index >= 15 is 4.79 Å². The summed E-state index contributed by atoms with van der Waals surface area (Å²) in [6.45, 7) is 13.1. The van der Waals surface area contributed by atoms with Crippen LogP contribution in [0.15, 0.2) is 0 Å². The fourth-order valence-electron chi connectivity index (χ4n) is 16.5. The largest absolute Gasteiger partial charge is 0.481 e. The molecular weight excluding hydrogens is 1150 g/mol. The Morgan fingerprint density at radius 1 is 0.213 bits per heavy atom. The standard InChI is InChI=1S/C89H177NO4/c1-6-11-16-21-26-31-36-40-44-48-52-56-60-65-70-75-80-88(85-86(91)92,81-76-71-66-61-57-53-49-45-41-37-32-27-22-17-12-7-2)89(87(93)94,82-77-72-67-62-58-54-50-46-42-38-33-28-23-18-13-8-3)90(83-78-73-68-63-35-30-25-20-15-10-5)84-79-74-69-64-59-55-51-47-43-39-34-29-24-19-14-9-4/h6-85H2,1-5H3,(H,91,92)(H,93,94)/t89-/m1/s1. The number of unbranched alkanes of at least 4 members (excludes halogenated alkanes) is 69. The van der Waals surface area contributed by atoms with Crippen molar-refractivity contribution >= 4 is 11.9 Å². The van der Waals surface area contributed by atoms with E-state index in [1.54, 1.807) is 0 Å². The minimum absolute atomic E-state index is 0.0108. The van der Waals surface area contributed by atoms with Gasteiger partial charge in [-0.3, -0.25) is 14.5 Å². The third-order valence-electron chi connectivity index (χ3n) is 22.7. The van der Waals surface area contributed by atoms with Crippen LogP contribution >= 0.6 is 0 Å². The topological polar surface area (TPSA) is 77.8 Å². The highest BCUT2D eigenvalue weighted by molar-refractivity contribution is 5.82. The second-order valence-corrected chi connectivity index (χ2v) is 31.6. The monoisotopic (exact) mass is 1320 g/mol. The number of aliphatic carboxylic acids is 2. The summed E-state index contributed by atoms with van der Waals surface area (Å²) in [6.07, 6.45) is 98.7. The maximum atomic E-state index is 15.2. The number of nitrogens with zero attached hydrogens (tertiary/aromatic N) is 1. The number of carboxylic acids is 2. The van der Waals surface area contributed by atoms with Gasteiger partial charge in [0.2, 0.25) is 0 Å². The van der Waals surface area contributed by atoms with E-state index in [1.807, 2.05) is 0 Å². The van der Waals surface area contributed by atoms with Gasteiger partial charge in [0.05, 0.1) is 6.42 Å². The lowest BCUT2D eigenvalue weighted by Gasteiger charge is -2.54. The van der Waals surface area contributed by atoms with Crippen LogP contribution in [0.5, 0.6) is 0 Å². The maximum absolute atomic E-state index is 15.2. The first-order chi connectivity index (χ1) is 46.3. The van der Waals surface area contributed by atoms with E-state index in [9.17, 15) is 15.0 Å². The van der Waals surface area contributed by atoms with Crippen LogP contribution in [0.2, 0.25) is 0 Å². The lowest BCUT2D eigenvalue weighted by Crippen LogP contribution is -2.66.